The molecule has 1 aromatic heterocycles. The molecule has 14 heteroatoms. The maximum Gasteiger partial charge on any atom is 0.335 e. The van der Waals surface area contributed by atoms with Crippen LogP contribution in [-0.2, 0) is 23.9 Å². The molecule has 1 saturated heterocycles. The summed E-state index contributed by atoms with van der Waals surface area (Å²) in [5, 5.41) is 59.5. The molecule has 4 rings (SSSR count). The first kappa shape index (κ1) is 27.4. The quantitative estimate of drug-likeness (QED) is 0.175. The number of carboxylic acids is 2. The number of hydrogen-bond donors (Lipinski definition) is 6. The van der Waals surface area contributed by atoms with E-state index in [-0.39, 0.29) is 39.4 Å². The first-order valence-electron chi connectivity index (χ1n) is 11.2. The third-order valence-electron chi connectivity index (χ3n) is 6.02. The second-order valence-corrected chi connectivity index (χ2v) is 8.60. The monoisotopic (exact) mass is 546 g/mol. The van der Waals surface area contributed by atoms with Crippen LogP contribution in [0.5, 0.6) is 17.2 Å². The minimum absolute atomic E-state index is 0.0325. The number of carboxylic acid groups (broad SMARTS) is 2. The van der Waals surface area contributed by atoms with E-state index in [0.29, 0.717) is 0 Å². The van der Waals surface area contributed by atoms with Crippen molar-refractivity contribution in [2.45, 2.75) is 36.9 Å². The lowest BCUT2D eigenvalue weighted by molar-refractivity contribution is -0.238. The summed E-state index contributed by atoms with van der Waals surface area (Å²) in [6, 6.07) is 7.40. The van der Waals surface area contributed by atoms with Crippen molar-refractivity contribution < 1.29 is 63.7 Å². The predicted molar refractivity (Wildman–Crippen MR) is 127 cm³/mol. The number of aromatic hydroxyl groups is 2. The van der Waals surface area contributed by atoms with Gasteiger partial charge in [-0.3, -0.25) is 14.4 Å². The fourth-order valence-corrected chi connectivity index (χ4v) is 4.23. The van der Waals surface area contributed by atoms with Crippen LogP contribution in [0.25, 0.3) is 22.3 Å². The van der Waals surface area contributed by atoms with Gasteiger partial charge in [0, 0.05) is 11.6 Å². The number of phenolic OH excluding ortho intramolecular Hbond substituents is 2. The molecule has 0 amide bonds. The lowest BCUT2D eigenvalue weighted by atomic mass is 9.90. The molecule has 0 saturated carbocycles. The Kier molecular flexibility index (Phi) is 7.44. The SMILES string of the molecule is COc1ccc(-c2cc(=O)c3c(O)cc([C@@H]4O[C@H](C(=O)O)[C@@H](O)[C@H](O)[C@H]4OC(=O)CC(=O)O)cc3o2)cc1O. The molecule has 2 heterocycles. The summed E-state index contributed by atoms with van der Waals surface area (Å²) < 4.78 is 21.2. The largest absolute Gasteiger partial charge is 0.507 e. The number of esters is 1. The van der Waals surface area contributed by atoms with Crippen molar-refractivity contribution in [3.63, 3.8) is 0 Å². The number of carbonyl (C=O) groups excluding carboxylic acids is 1. The zero-order valence-electron chi connectivity index (χ0n) is 20.0. The summed E-state index contributed by atoms with van der Waals surface area (Å²) in [6.07, 6.45) is -10.7. The Morgan fingerprint density at radius 1 is 0.974 bits per heavy atom. The number of aliphatic carboxylic acids is 2. The molecule has 2 aromatic carbocycles. The van der Waals surface area contributed by atoms with Crippen LogP contribution >= 0.6 is 0 Å². The molecule has 0 unspecified atom stereocenters. The van der Waals surface area contributed by atoms with E-state index in [1.807, 2.05) is 0 Å². The molecule has 1 aliphatic heterocycles. The van der Waals surface area contributed by atoms with Gasteiger partial charge in [0.1, 0.15) is 47.2 Å². The van der Waals surface area contributed by atoms with Crippen LogP contribution < -0.4 is 10.2 Å². The normalized spacial score (nSPS) is 22.8. The third-order valence-corrected chi connectivity index (χ3v) is 6.02. The van der Waals surface area contributed by atoms with Gasteiger partial charge in [-0.25, -0.2) is 4.79 Å². The molecule has 0 bridgehead atoms. The van der Waals surface area contributed by atoms with Crippen LogP contribution in [-0.4, -0.2) is 80.1 Å². The van der Waals surface area contributed by atoms with Crippen molar-refractivity contribution in [3.05, 3.63) is 52.2 Å². The number of ether oxygens (including phenoxy) is 3. The lowest BCUT2D eigenvalue weighted by Gasteiger charge is -2.40. The Labute approximate surface area is 217 Å². The maximum absolute atomic E-state index is 12.8. The van der Waals surface area contributed by atoms with E-state index in [1.165, 1.54) is 25.3 Å². The zero-order chi connectivity index (χ0) is 28.6. The summed E-state index contributed by atoms with van der Waals surface area (Å²) in [5.41, 5.74) is -0.785. The van der Waals surface area contributed by atoms with Crippen molar-refractivity contribution in [2.75, 3.05) is 7.11 Å². The van der Waals surface area contributed by atoms with E-state index in [9.17, 15) is 44.7 Å². The number of benzene rings is 2. The molecule has 1 fully saturated rings. The van der Waals surface area contributed by atoms with E-state index >= 15 is 0 Å². The van der Waals surface area contributed by atoms with Crippen LogP contribution in [0.3, 0.4) is 0 Å². The number of fused-ring (bicyclic) bond motifs is 1. The van der Waals surface area contributed by atoms with Gasteiger partial charge in [-0.15, -0.1) is 0 Å². The smallest absolute Gasteiger partial charge is 0.335 e. The highest BCUT2D eigenvalue weighted by molar-refractivity contribution is 5.90. The molecule has 39 heavy (non-hydrogen) atoms. The fraction of sp³-hybridized carbons (Fsp3) is 0.280. The standard InChI is InChI=1S/C25H22O14/c1-36-14-3-2-9(4-11(14)26)15-7-13(28)19-12(27)5-10(6-16(19)37-15)22-23(38-18(31)8-17(29)30)20(32)21(33)24(39-22)25(34)35/h2-7,20-24,26-27,32-33H,8H2,1H3,(H,29,30)(H,34,35)/t20-,21-,22-,23+,24-/m0/s1. The second kappa shape index (κ2) is 10.6. The van der Waals surface area contributed by atoms with E-state index in [0.717, 1.165) is 18.2 Å². The number of methoxy groups -OCH3 is 1. The maximum atomic E-state index is 12.8. The Balaban J connectivity index is 1.83. The number of rotatable bonds is 7. The van der Waals surface area contributed by atoms with Gasteiger partial charge in [-0.1, -0.05) is 0 Å². The zero-order valence-corrected chi connectivity index (χ0v) is 20.0. The number of aliphatic hydroxyl groups is 2. The molecule has 6 N–H and O–H groups in total. The number of phenols is 2. The average Bonchev–Trinajstić information content (AvgIpc) is 2.85. The van der Waals surface area contributed by atoms with Gasteiger partial charge in [-0.2, -0.15) is 0 Å². The van der Waals surface area contributed by atoms with Gasteiger partial charge in [0.2, 0.25) is 0 Å². The van der Waals surface area contributed by atoms with Crippen molar-refractivity contribution in [1.29, 1.82) is 0 Å². The molecule has 3 aromatic rings. The van der Waals surface area contributed by atoms with Crippen LogP contribution in [0.1, 0.15) is 18.1 Å². The molecule has 206 valence electrons. The van der Waals surface area contributed by atoms with Crippen LogP contribution in [0.2, 0.25) is 0 Å². The first-order valence-corrected chi connectivity index (χ1v) is 11.2. The van der Waals surface area contributed by atoms with Gasteiger partial charge >= 0.3 is 17.9 Å². The van der Waals surface area contributed by atoms with Gasteiger partial charge in [-0.05, 0) is 35.9 Å². The average molecular weight is 546 g/mol. The highest BCUT2D eigenvalue weighted by Gasteiger charge is 2.50. The third kappa shape index (κ3) is 5.34. The molecule has 5 atom stereocenters. The Hall–Kier alpha value is -4.66. The predicted octanol–water partition coefficient (Wildman–Crippen LogP) is 0.513. The van der Waals surface area contributed by atoms with E-state index < -0.39 is 66.0 Å². The summed E-state index contributed by atoms with van der Waals surface area (Å²) in [6.45, 7) is 0. The molecule has 0 aliphatic carbocycles. The van der Waals surface area contributed by atoms with Crippen molar-refractivity contribution in [3.8, 4) is 28.6 Å². The number of carbonyl (C=O) groups is 3. The van der Waals surface area contributed by atoms with Gasteiger partial charge in [0.05, 0.1) is 7.11 Å². The summed E-state index contributed by atoms with van der Waals surface area (Å²) >= 11 is 0. The molecular formula is C25H22O14. The van der Waals surface area contributed by atoms with E-state index in [2.05, 4.69) is 0 Å². The lowest BCUT2D eigenvalue weighted by Crippen LogP contribution is -2.57. The van der Waals surface area contributed by atoms with Crippen LogP contribution in [0.4, 0.5) is 0 Å². The second-order valence-electron chi connectivity index (χ2n) is 8.60. The van der Waals surface area contributed by atoms with Gasteiger partial charge < -0.3 is 49.3 Å². The minimum Gasteiger partial charge on any atom is -0.507 e. The highest BCUT2D eigenvalue weighted by Crippen LogP contribution is 2.39. The van der Waals surface area contributed by atoms with Crippen molar-refractivity contribution in [2.24, 2.45) is 0 Å². The van der Waals surface area contributed by atoms with Crippen molar-refractivity contribution >= 4 is 28.9 Å². The summed E-state index contributed by atoms with van der Waals surface area (Å²) in [4.78, 5) is 47.4. The number of hydrogen-bond acceptors (Lipinski definition) is 12. The highest BCUT2D eigenvalue weighted by atomic mass is 16.6. The van der Waals surface area contributed by atoms with Gasteiger partial charge in [0.25, 0.3) is 0 Å². The topological polar surface area (TPSA) is 230 Å². The number of aliphatic hydroxyl groups excluding tert-OH is 2. The summed E-state index contributed by atoms with van der Waals surface area (Å²) in [5.74, 6) is -5.29. The molecule has 1 aliphatic rings. The van der Waals surface area contributed by atoms with Gasteiger partial charge in [0.15, 0.2) is 29.1 Å². The Morgan fingerprint density at radius 3 is 2.31 bits per heavy atom. The fourth-order valence-electron chi connectivity index (χ4n) is 4.23. The molecular weight excluding hydrogens is 524 g/mol. The molecule has 0 spiro atoms. The van der Waals surface area contributed by atoms with Crippen LogP contribution in [0, 0.1) is 0 Å². The molecule has 14 nitrogen and oxygen atoms in total. The molecule has 0 radical (unpaired) electrons. The van der Waals surface area contributed by atoms with Crippen molar-refractivity contribution in [1.82, 2.24) is 0 Å². The summed E-state index contributed by atoms with van der Waals surface area (Å²) in [7, 11) is 1.35. The minimum atomic E-state index is -2.07. The van der Waals surface area contributed by atoms with E-state index in [1.54, 1.807) is 0 Å². The Morgan fingerprint density at radius 2 is 1.69 bits per heavy atom. The first-order chi connectivity index (χ1) is 18.4. The van der Waals surface area contributed by atoms with E-state index in [4.69, 9.17) is 23.7 Å². The Bertz CT molecular complexity index is 1510. The van der Waals surface area contributed by atoms with Crippen LogP contribution in [0.15, 0.2) is 45.6 Å².